The van der Waals surface area contributed by atoms with Crippen molar-refractivity contribution in [1.29, 1.82) is 0 Å². The molecule has 2 atom stereocenters. The molecule has 2 aromatic rings. The molecule has 0 unspecified atom stereocenters. The highest BCUT2D eigenvalue weighted by molar-refractivity contribution is 8.00. The van der Waals surface area contributed by atoms with Gasteiger partial charge in [0.25, 0.3) is 5.56 Å². The summed E-state index contributed by atoms with van der Waals surface area (Å²) in [5, 5.41) is 0.695. The maximum Gasteiger partial charge on any atom is 0.262 e. The Morgan fingerprint density at radius 3 is 2.96 bits per heavy atom. The fraction of sp³-hybridized carbons (Fsp3) is 0.471. The lowest BCUT2D eigenvalue weighted by molar-refractivity contribution is -0.117. The smallest absolute Gasteiger partial charge is 0.262 e. The van der Waals surface area contributed by atoms with E-state index < -0.39 is 11.2 Å². The minimum atomic E-state index is -0.409. The topological polar surface area (TPSA) is 87.2 Å². The monoisotopic (exact) mass is 347 g/mol. The molecule has 1 amide bonds. The summed E-state index contributed by atoms with van der Waals surface area (Å²) < 4.78 is 7.30. The normalized spacial score (nSPS) is 18.8. The Morgan fingerprint density at radius 1 is 1.50 bits per heavy atom. The quantitative estimate of drug-likeness (QED) is 0.637. The molecule has 128 valence electrons. The number of ether oxygens (including phenoxy) is 1. The van der Waals surface area contributed by atoms with E-state index in [9.17, 15) is 9.59 Å². The number of thioether (sulfide) groups is 1. The van der Waals surface area contributed by atoms with Crippen molar-refractivity contribution in [2.75, 3.05) is 6.61 Å². The molecule has 0 saturated carbocycles. The van der Waals surface area contributed by atoms with E-state index >= 15 is 0 Å². The molecular formula is C17H21N3O3S. The van der Waals surface area contributed by atoms with E-state index in [2.05, 4.69) is 4.98 Å². The maximum atomic E-state index is 12.9. The molecule has 1 saturated heterocycles. The van der Waals surface area contributed by atoms with Crippen LogP contribution in [0.2, 0.25) is 0 Å². The van der Waals surface area contributed by atoms with Crippen LogP contribution in [0.4, 0.5) is 0 Å². The number of hydrogen-bond acceptors (Lipinski definition) is 5. The zero-order valence-electron chi connectivity index (χ0n) is 13.6. The van der Waals surface area contributed by atoms with Crippen molar-refractivity contribution in [3.63, 3.8) is 0 Å². The van der Waals surface area contributed by atoms with Gasteiger partial charge in [0.05, 0.1) is 28.8 Å². The summed E-state index contributed by atoms with van der Waals surface area (Å²) in [6.07, 6.45) is 2.53. The van der Waals surface area contributed by atoms with Crippen LogP contribution in [0.3, 0.4) is 0 Å². The fourth-order valence-electron chi connectivity index (χ4n) is 2.86. The Morgan fingerprint density at radius 2 is 2.29 bits per heavy atom. The van der Waals surface area contributed by atoms with Gasteiger partial charge in [0, 0.05) is 6.61 Å². The van der Waals surface area contributed by atoms with Gasteiger partial charge in [0.1, 0.15) is 0 Å². The third-order valence-corrected chi connectivity index (χ3v) is 5.55. The van der Waals surface area contributed by atoms with Crippen LogP contribution in [0.25, 0.3) is 10.9 Å². The van der Waals surface area contributed by atoms with Gasteiger partial charge in [0.15, 0.2) is 5.16 Å². The van der Waals surface area contributed by atoms with Gasteiger partial charge in [-0.2, -0.15) is 0 Å². The number of aromatic nitrogens is 2. The average molecular weight is 347 g/mol. The first-order chi connectivity index (χ1) is 11.6. The third-order valence-electron chi connectivity index (χ3n) is 4.17. The van der Waals surface area contributed by atoms with Crippen LogP contribution >= 0.6 is 11.8 Å². The van der Waals surface area contributed by atoms with E-state index in [4.69, 9.17) is 10.5 Å². The van der Waals surface area contributed by atoms with Crippen molar-refractivity contribution in [1.82, 2.24) is 9.55 Å². The second-order valence-electron chi connectivity index (χ2n) is 5.88. The molecule has 1 fully saturated rings. The Kier molecular flexibility index (Phi) is 5.20. The summed E-state index contributed by atoms with van der Waals surface area (Å²) in [6, 6.07) is 7.25. The van der Waals surface area contributed by atoms with Gasteiger partial charge >= 0.3 is 0 Å². The fourth-order valence-corrected chi connectivity index (χ4v) is 3.83. The second-order valence-corrected chi connectivity index (χ2v) is 7.05. The molecule has 7 heteroatoms. The predicted molar refractivity (Wildman–Crippen MR) is 94.1 cm³/mol. The van der Waals surface area contributed by atoms with Crippen LogP contribution < -0.4 is 11.3 Å². The van der Waals surface area contributed by atoms with E-state index in [-0.39, 0.29) is 11.7 Å². The molecule has 6 nitrogen and oxygen atoms in total. The Balaban J connectivity index is 2.06. The lowest BCUT2D eigenvalue weighted by Crippen LogP contribution is -2.31. The second kappa shape index (κ2) is 7.36. The van der Waals surface area contributed by atoms with Crippen LogP contribution in [0.1, 0.15) is 26.2 Å². The molecule has 2 N–H and O–H groups in total. The summed E-state index contributed by atoms with van der Waals surface area (Å²) in [6.45, 7) is 3.07. The number of hydrogen-bond donors (Lipinski definition) is 1. The molecule has 24 heavy (non-hydrogen) atoms. The lowest BCUT2D eigenvalue weighted by atomic mass is 10.2. The maximum absolute atomic E-state index is 12.9. The molecule has 3 rings (SSSR count). The number of nitrogens with zero attached hydrogens (tertiary/aromatic N) is 2. The lowest BCUT2D eigenvalue weighted by Gasteiger charge is -2.18. The van der Waals surface area contributed by atoms with Gasteiger partial charge in [0.2, 0.25) is 5.91 Å². The summed E-state index contributed by atoms with van der Waals surface area (Å²) in [5.41, 5.74) is 5.99. The largest absolute Gasteiger partial charge is 0.376 e. The molecule has 1 aromatic carbocycles. The van der Waals surface area contributed by atoms with Gasteiger partial charge in [-0.3, -0.25) is 14.2 Å². The summed E-state index contributed by atoms with van der Waals surface area (Å²) in [5.74, 6) is -0.395. The van der Waals surface area contributed by atoms with Crippen LogP contribution in [-0.2, 0) is 16.1 Å². The highest BCUT2D eigenvalue weighted by atomic mass is 32.2. The standard InChI is InChI=1S/C17H21N3O3S/c1-2-14(15(18)21)24-17-19-13-8-4-3-7-12(13)16(22)20(17)10-11-6-5-9-23-11/h3-4,7-8,11,14H,2,5-6,9-10H2,1H3,(H2,18,21)/t11-,14-/m0/s1. The van der Waals surface area contributed by atoms with Gasteiger partial charge in [-0.1, -0.05) is 30.8 Å². The molecule has 1 aliphatic heterocycles. The summed E-state index contributed by atoms with van der Waals surface area (Å²) >= 11 is 1.26. The van der Waals surface area contributed by atoms with Crippen LogP contribution in [-0.4, -0.2) is 33.4 Å². The summed E-state index contributed by atoms with van der Waals surface area (Å²) in [4.78, 5) is 29.1. The average Bonchev–Trinajstić information content (AvgIpc) is 3.08. The number of para-hydroxylation sites is 1. The van der Waals surface area contributed by atoms with E-state index in [1.54, 1.807) is 10.6 Å². The number of benzene rings is 1. The minimum absolute atomic E-state index is 0.0127. The molecular weight excluding hydrogens is 326 g/mol. The Bertz CT molecular complexity index is 799. The molecule has 1 aromatic heterocycles. The first kappa shape index (κ1) is 17.0. The van der Waals surface area contributed by atoms with Crippen molar-refractivity contribution < 1.29 is 9.53 Å². The molecule has 2 heterocycles. The zero-order valence-corrected chi connectivity index (χ0v) is 14.4. The van der Waals surface area contributed by atoms with Crippen LogP contribution in [0.15, 0.2) is 34.2 Å². The highest BCUT2D eigenvalue weighted by Gasteiger charge is 2.23. The third kappa shape index (κ3) is 3.47. The molecule has 0 radical (unpaired) electrons. The number of carbonyl (C=O) groups is 1. The van der Waals surface area contributed by atoms with Crippen LogP contribution in [0, 0.1) is 0 Å². The number of primary amides is 1. The number of nitrogens with two attached hydrogens (primary N) is 1. The molecule has 0 aliphatic carbocycles. The minimum Gasteiger partial charge on any atom is -0.376 e. The van der Waals surface area contributed by atoms with E-state index in [1.807, 2.05) is 25.1 Å². The number of carbonyl (C=O) groups excluding carboxylic acids is 1. The van der Waals surface area contributed by atoms with Gasteiger partial charge in [-0.15, -0.1) is 0 Å². The molecule has 0 bridgehead atoms. The van der Waals surface area contributed by atoms with Crippen molar-refractivity contribution >= 4 is 28.6 Å². The first-order valence-corrected chi connectivity index (χ1v) is 9.05. The Hall–Kier alpha value is -1.86. The summed E-state index contributed by atoms with van der Waals surface area (Å²) in [7, 11) is 0. The van der Waals surface area contributed by atoms with E-state index in [1.165, 1.54) is 11.8 Å². The van der Waals surface area contributed by atoms with Gasteiger partial charge in [-0.05, 0) is 31.4 Å². The number of rotatable bonds is 6. The number of fused-ring (bicyclic) bond motifs is 1. The van der Waals surface area contributed by atoms with Crippen molar-refractivity contribution in [3.05, 3.63) is 34.6 Å². The van der Waals surface area contributed by atoms with Crippen molar-refractivity contribution in [3.8, 4) is 0 Å². The van der Waals surface area contributed by atoms with E-state index in [0.29, 0.717) is 29.0 Å². The van der Waals surface area contributed by atoms with Gasteiger partial charge < -0.3 is 10.5 Å². The van der Waals surface area contributed by atoms with Crippen molar-refractivity contribution in [2.24, 2.45) is 5.73 Å². The SMILES string of the molecule is CC[C@H](Sc1nc2ccccc2c(=O)n1C[C@@H]1CCCO1)C(N)=O. The Labute approximate surface area is 144 Å². The molecule has 1 aliphatic rings. The first-order valence-electron chi connectivity index (χ1n) is 8.17. The van der Waals surface area contributed by atoms with Crippen LogP contribution in [0.5, 0.6) is 0 Å². The predicted octanol–water partition coefficient (Wildman–Crippen LogP) is 1.93. The number of amides is 1. The highest BCUT2D eigenvalue weighted by Crippen LogP contribution is 2.25. The van der Waals surface area contributed by atoms with Crippen molar-refractivity contribution in [2.45, 2.75) is 49.2 Å². The van der Waals surface area contributed by atoms with E-state index in [0.717, 1.165) is 19.4 Å². The van der Waals surface area contributed by atoms with Gasteiger partial charge in [-0.25, -0.2) is 4.98 Å². The molecule has 0 spiro atoms. The zero-order chi connectivity index (χ0) is 17.1.